The second-order valence-electron chi connectivity index (χ2n) is 6.57. The van der Waals surface area contributed by atoms with Crippen molar-refractivity contribution in [3.8, 4) is 0 Å². The lowest BCUT2D eigenvalue weighted by atomic mass is 9.97. The minimum atomic E-state index is -0.466. The molecular formula is C22H25NO4. The highest BCUT2D eigenvalue weighted by atomic mass is 16.5. The summed E-state index contributed by atoms with van der Waals surface area (Å²) in [4.78, 5) is 35.1. The molecule has 2 rings (SSSR count). The fourth-order valence-corrected chi connectivity index (χ4v) is 2.59. The van der Waals surface area contributed by atoms with Gasteiger partial charge in [0, 0.05) is 18.2 Å². The van der Waals surface area contributed by atoms with E-state index in [1.54, 1.807) is 36.4 Å². The Morgan fingerprint density at radius 3 is 2.19 bits per heavy atom. The zero-order valence-corrected chi connectivity index (χ0v) is 16.0. The van der Waals surface area contributed by atoms with Crippen LogP contribution < -0.4 is 5.32 Å². The van der Waals surface area contributed by atoms with Crippen molar-refractivity contribution in [1.82, 2.24) is 0 Å². The maximum absolute atomic E-state index is 12.2. The largest absolute Gasteiger partial charge is 0.457 e. The van der Waals surface area contributed by atoms with Crippen LogP contribution in [0.25, 0.3) is 0 Å². The van der Waals surface area contributed by atoms with Gasteiger partial charge in [-0.05, 0) is 35.6 Å². The normalized spacial score (nSPS) is 11.5. The molecule has 1 atom stereocenters. The number of esters is 1. The lowest BCUT2D eigenvalue weighted by molar-refractivity contribution is -0.141. The molecule has 142 valence electrons. The first-order valence-corrected chi connectivity index (χ1v) is 9.04. The number of Topliss-reactive ketones (excluding diaryl/α,β-unsaturated/α-hetero) is 1. The fourth-order valence-electron chi connectivity index (χ4n) is 2.59. The van der Waals surface area contributed by atoms with E-state index in [1.165, 1.54) is 12.5 Å². The summed E-state index contributed by atoms with van der Waals surface area (Å²) in [5.41, 5.74) is 3.14. The third-order valence-corrected chi connectivity index (χ3v) is 4.40. The smallest absolute Gasteiger partial charge is 0.310 e. The van der Waals surface area contributed by atoms with Gasteiger partial charge in [0.15, 0.2) is 12.4 Å². The molecule has 0 bridgehead atoms. The number of nitrogens with one attached hydrogen (secondary N) is 1. The summed E-state index contributed by atoms with van der Waals surface area (Å²) in [6.07, 6.45) is 1.11. The number of carbonyl (C=O) groups excluding carboxylic acids is 3. The Morgan fingerprint density at radius 1 is 1.00 bits per heavy atom. The van der Waals surface area contributed by atoms with Gasteiger partial charge < -0.3 is 10.1 Å². The average molecular weight is 367 g/mol. The summed E-state index contributed by atoms with van der Waals surface area (Å²) < 4.78 is 5.10. The number of hydrogen-bond acceptors (Lipinski definition) is 4. The van der Waals surface area contributed by atoms with E-state index in [-0.39, 0.29) is 24.7 Å². The Bertz CT molecular complexity index is 794. The van der Waals surface area contributed by atoms with Crippen molar-refractivity contribution in [3.63, 3.8) is 0 Å². The maximum Gasteiger partial charge on any atom is 0.310 e. The average Bonchev–Trinajstić information content (AvgIpc) is 2.66. The Labute approximate surface area is 159 Å². The maximum atomic E-state index is 12.2. The molecule has 0 heterocycles. The van der Waals surface area contributed by atoms with Gasteiger partial charge in [-0.1, -0.05) is 50.2 Å². The molecule has 27 heavy (non-hydrogen) atoms. The predicted octanol–water partition coefficient (Wildman–Crippen LogP) is 4.13. The van der Waals surface area contributed by atoms with Gasteiger partial charge >= 0.3 is 5.97 Å². The monoisotopic (exact) mass is 367 g/mol. The molecule has 1 amide bonds. The molecule has 2 aromatic carbocycles. The standard InChI is InChI=1S/C22H25NO4/c1-4-15(2)18-7-9-19(10-8-18)21(25)14-27-22(26)13-17-5-11-20(12-6-17)23-16(3)24/h5-12,15H,4,13-14H2,1-3H3,(H,23,24)/t15-/m0/s1. The quantitative estimate of drug-likeness (QED) is 0.562. The number of benzene rings is 2. The first-order valence-electron chi connectivity index (χ1n) is 9.04. The molecule has 0 aliphatic heterocycles. The second kappa shape index (κ2) is 9.67. The van der Waals surface area contributed by atoms with Gasteiger partial charge in [-0.25, -0.2) is 0 Å². The highest BCUT2D eigenvalue weighted by Crippen LogP contribution is 2.19. The Hall–Kier alpha value is -2.95. The number of anilines is 1. The van der Waals surface area contributed by atoms with E-state index in [2.05, 4.69) is 19.2 Å². The van der Waals surface area contributed by atoms with Crippen molar-refractivity contribution in [2.24, 2.45) is 0 Å². The number of hydrogen-bond donors (Lipinski definition) is 1. The van der Waals surface area contributed by atoms with E-state index >= 15 is 0 Å². The zero-order chi connectivity index (χ0) is 19.8. The molecule has 0 radical (unpaired) electrons. The number of ketones is 1. The van der Waals surface area contributed by atoms with Crippen molar-refractivity contribution < 1.29 is 19.1 Å². The van der Waals surface area contributed by atoms with E-state index in [4.69, 9.17) is 4.74 Å². The molecule has 1 N–H and O–H groups in total. The van der Waals surface area contributed by atoms with E-state index in [1.807, 2.05) is 12.1 Å². The third-order valence-electron chi connectivity index (χ3n) is 4.40. The van der Waals surface area contributed by atoms with Crippen molar-refractivity contribution in [3.05, 3.63) is 65.2 Å². The lowest BCUT2D eigenvalue weighted by Gasteiger charge is -2.09. The Balaban J connectivity index is 1.84. The number of amides is 1. The van der Waals surface area contributed by atoms with E-state index in [9.17, 15) is 14.4 Å². The molecule has 0 unspecified atom stereocenters. The van der Waals surface area contributed by atoms with Crippen LogP contribution in [0.1, 0.15) is 54.6 Å². The SMILES string of the molecule is CC[C@H](C)c1ccc(C(=O)COC(=O)Cc2ccc(NC(C)=O)cc2)cc1. The highest BCUT2D eigenvalue weighted by Gasteiger charge is 2.12. The number of ether oxygens (including phenoxy) is 1. The molecule has 0 aliphatic rings. The van der Waals surface area contributed by atoms with Crippen LogP contribution >= 0.6 is 0 Å². The van der Waals surface area contributed by atoms with E-state index in [0.717, 1.165) is 12.0 Å². The van der Waals surface area contributed by atoms with Crippen LogP contribution in [0.2, 0.25) is 0 Å². The number of carbonyl (C=O) groups is 3. The van der Waals surface area contributed by atoms with E-state index in [0.29, 0.717) is 17.2 Å². The highest BCUT2D eigenvalue weighted by molar-refractivity contribution is 5.98. The second-order valence-corrected chi connectivity index (χ2v) is 6.57. The van der Waals surface area contributed by atoms with Crippen molar-refractivity contribution in [1.29, 1.82) is 0 Å². The van der Waals surface area contributed by atoms with Crippen LogP contribution in [0.3, 0.4) is 0 Å². The lowest BCUT2D eigenvalue weighted by Crippen LogP contribution is -2.15. The molecule has 0 spiro atoms. The van der Waals surface area contributed by atoms with Crippen molar-refractivity contribution in [2.75, 3.05) is 11.9 Å². The first-order chi connectivity index (χ1) is 12.9. The molecule has 0 aromatic heterocycles. The first kappa shape index (κ1) is 20.4. The van der Waals surface area contributed by atoms with Gasteiger partial charge in [0.2, 0.25) is 5.91 Å². The molecule has 2 aromatic rings. The van der Waals surface area contributed by atoms with Gasteiger partial charge in [0.25, 0.3) is 0 Å². The summed E-state index contributed by atoms with van der Waals surface area (Å²) in [6, 6.07) is 14.3. The predicted molar refractivity (Wildman–Crippen MR) is 105 cm³/mol. The van der Waals surface area contributed by atoms with Gasteiger partial charge in [-0.2, -0.15) is 0 Å². The van der Waals surface area contributed by atoms with Crippen molar-refractivity contribution >= 4 is 23.3 Å². The molecule has 0 saturated carbocycles. The molecule has 5 heteroatoms. The zero-order valence-electron chi connectivity index (χ0n) is 16.0. The Morgan fingerprint density at radius 2 is 1.63 bits per heavy atom. The summed E-state index contributed by atoms with van der Waals surface area (Å²) in [5.74, 6) is -0.395. The van der Waals surface area contributed by atoms with Crippen LogP contribution in [0.15, 0.2) is 48.5 Å². The van der Waals surface area contributed by atoms with Crippen LogP contribution in [-0.2, 0) is 20.7 Å². The van der Waals surface area contributed by atoms with Crippen LogP contribution in [0.5, 0.6) is 0 Å². The topological polar surface area (TPSA) is 72.5 Å². The van der Waals surface area contributed by atoms with Crippen LogP contribution in [0, 0.1) is 0 Å². The van der Waals surface area contributed by atoms with Gasteiger partial charge in [0.1, 0.15) is 0 Å². The van der Waals surface area contributed by atoms with Gasteiger partial charge in [0.05, 0.1) is 6.42 Å². The van der Waals surface area contributed by atoms with Gasteiger partial charge in [-0.3, -0.25) is 14.4 Å². The Kier molecular flexibility index (Phi) is 7.29. The van der Waals surface area contributed by atoms with Crippen molar-refractivity contribution in [2.45, 2.75) is 39.5 Å². The minimum absolute atomic E-state index is 0.0700. The van der Waals surface area contributed by atoms with Gasteiger partial charge in [-0.15, -0.1) is 0 Å². The fraction of sp³-hybridized carbons (Fsp3) is 0.318. The third kappa shape index (κ3) is 6.37. The molecule has 0 fully saturated rings. The number of rotatable bonds is 8. The van der Waals surface area contributed by atoms with E-state index < -0.39 is 5.97 Å². The summed E-state index contributed by atoms with van der Waals surface area (Å²) in [6.45, 7) is 5.42. The summed E-state index contributed by atoms with van der Waals surface area (Å²) >= 11 is 0. The molecule has 0 saturated heterocycles. The summed E-state index contributed by atoms with van der Waals surface area (Å²) in [7, 11) is 0. The van der Waals surface area contributed by atoms with Crippen LogP contribution in [-0.4, -0.2) is 24.3 Å². The molecule has 5 nitrogen and oxygen atoms in total. The minimum Gasteiger partial charge on any atom is -0.457 e. The summed E-state index contributed by atoms with van der Waals surface area (Å²) in [5, 5.41) is 2.66. The van der Waals surface area contributed by atoms with Crippen LogP contribution in [0.4, 0.5) is 5.69 Å². The molecule has 0 aliphatic carbocycles. The molecular weight excluding hydrogens is 342 g/mol.